The molecule has 372 valence electrons. The van der Waals surface area contributed by atoms with Crippen molar-refractivity contribution in [1.29, 1.82) is 0 Å². The number of alkyl carbamates (subject to hydrolysis) is 1. The lowest BCUT2D eigenvalue weighted by Crippen LogP contribution is -2.56. The summed E-state index contributed by atoms with van der Waals surface area (Å²) in [6, 6.07) is 19.4. The van der Waals surface area contributed by atoms with Gasteiger partial charge in [0.2, 0.25) is 17.7 Å². The molecule has 5 rings (SSSR count). The van der Waals surface area contributed by atoms with E-state index in [4.69, 9.17) is 13.9 Å². The van der Waals surface area contributed by atoms with E-state index in [-0.39, 0.29) is 43.7 Å². The molecule has 0 bridgehead atoms. The maximum absolute atomic E-state index is 14.3. The molecule has 0 unspecified atom stereocenters. The molecule has 0 saturated carbocycles. The number of carbonyl (C=O) groups excluding carboxylic acids is 7. The topological polar surface area (TPSA) is 202 Å². The first-order chi connectivity index (χ1) is 32.3. The van der Waals surface area contributed by atoms with Crippen LogP contribution in [0.5, 0.6) is 0 Å². The van der Waals surface area contributed by atoms with E-state index in [1.54, 1.807) is 53.8 Å². The molecular weight excluding hydrogens is 897 g/mol. The van der Waals surface area contributed by atoms with Gasteiger partial charge < -0.3 is 40.1 Å². The largest absolute Gasteiger partial charge is 0.448 e. The summed E-state index contributed by atoms with van der Waals surface area (Å²) < 4.78 is 18.0. The molecule has 7 amide bonds. The van der Waals surface area contributed by atoms with Crippen molar-refractivity contribution in [2.75, 3.05) is 32.1 Å². The van der Waals surface area contributed by atoms with Gasteiger partial charge in [-0.3, -0.25) is 28.9 Å². The van der Waals surface area contributed by atoms with Crippen LogP contribution in [-0.4, -0.2) is 104 Å². The van der Waals surface area contributed by atoms with E-state index in [0.29, 0.717) is 24.1 Å². The number of nitrogens with one attached hydrogen (secondary N) is 4. The highest BCUT2D eigenvalue weighted by molar-refractivity contribution is 6.74. The monoisotopic (exact) mass is 966 g/mol. The van der Waals surface area contributed by atoms with Crippen LogP contribution in [0.15, 0.2) is 78.9 Å². The van der Waals surface area contributed by atoms with Crippen LogP contribution in [0.4, 0.5) is 15.3 Å². The van der Waals surface area contributed by atoms with Gasteiger partial charge in [-0.15, -0.1) is 0 Å². The third kappa shape index (κ3) is 14.6. The number of nitrogens with zero attached hydrogens (tertiary/aromatic N) is 2. The highest BCUT2D eigenvalue weighted by Crippen LogP contribution is 2.44. The maximum atomic E-state index is 14.3. The van der Waals surface area contributed by atoms with E-state index >= 15 is 0 Å². The summed E-state index contributed by atoms with van der Waals surface area (Å²) in [7, 11) is -0.555. The highest BCUT2D eigenvalue weighted by atomic mass is 28.4. The smallest absolute Gasteiger partial charge is 0.409 e. The molecule has 0 fully saturated rings. The first kappa shape index (κ1) is 53.6. The summed E-state index contributed by atoms with van der Waals surface area (Å²) in [5.74, 6) is -3.76. The molecule has 0 radical (unpaired) electrons. The number of carbonyl (C=O) groups is 7. The lowest BCUT2D eigenvalue weighted by atomic mass is 9.98. The SMILES string of the molecule is CC(C)[C@H](NC(=O)CN1C(=O)C=CC1=O)C(=O)N[C@@H](CCCCNC(=O)OC(C)(C)C)C(=O)Nc1ccc(CO[Si](C)(C)C(C)(C)C)c(CN(C)C(=O)OCC2c3ccccc3-c3ccccc32)c1. The zero-order chi connectivity index (χ0) is 50.8. The molecule has 17 heteroatoms. The molecule has 0 spiro atoms. The third-order valence-electron chi connectivity index (χ3n) is 12.6. The van der Waals surface area contributed by atoms with Gasteiger partial charge >= 0.3 is 12.2 Å². The van der Waals surface area contributed by atoms with Crippen molar-refractivity contribution in [3.63, 3.8) is 0 Å². The molecule has 1 heterocycles. The Kier molecular flexibility index (Phi) is 17.8. The Morgan fingerprint density at radius 2 is 1.41 bits per heavy atom. The number of imide groups is 1. The first-order valence-corrected chi connectivity index (χ1v) is 26.5. The molecule has 2 atom stereocenters. The van der Waals surface area contributed by atoms with Gasteiger partial charge in [0, 0.05) is 43.9 Å². The molecule has 3 aromatic carbocycles. The molecule has 0 aromatic heterocycles. The molecule has 4 N–H and O–H groups in total. The van der Waals surface area contributed by atoms with Gasteiger partial charge in [0.15, 0.2) is 8.32 Å². The normalized spacial score (nSPS) is 14.5. The van der Waals surface area contributed by atoms with Gasteiger partial charge in [-0.25, -0.2) is 9.59 Å². The van der Waals surface area contributed by atoms with Gasteiger partial charge in [0.1, 0.15) is 30.8 Å². The second-order valence-electron chi connectivity index (χ2n) is 20.6. The quantitative estimate of drug-likeness (QED) is 0.0492. The van der Waals surface area contributed by atoms with Gasteiger partial charge in [-0.1, -0.05) is 89.2 Å². The van der Waals surface area contributed by atoms with E-state index < -0.39 is 80.2 Å². The number of hydrogen-bond acceptors (Lipinski definition) is 10. The van der Waals surface area contributed by atoms with E-state index in [2.05, 4.69) is 79.4 Å². The minimum Gasteiger partial charge on any atom is -0.448 e. The van der Waals surface area contributed by atoms with Gasteiger partial charge in [0.25, 0.3) is 11.8 Å². The molecule has 1 aliphatic carbocycles. The van der Waals surface area contributed by atoms with Crippen LogP contribution in [0.25, 0.3) is 11.1 Å². The lowest BCUT2D eigenvalue weighted by molar-refractivity contribution is -0.141. The van der Waals surface area contributed by atoms with Gasteiger partial charge in [-0.2, -0.15) is 0 Å². The Morgan fingerprint density at radius 3 is 1.99 bits per heavy atom. The van der Waals surface area contributed by atoms with Crippen molar-refractivity contribution in [2.24, 2.45) is 5.92 Å². The molecule has 3 aromatic rings. The lowest BCUT2D eigenvalue weighted by Gasteiger charge is -2.36. The van der Waals surface area contributed by atoms with E-state index in [9.17, 15) is 33.6 Å². The summed E-state index contributed by atoms with van der Waals surface area (Å²) in [6.45, 7) is 19.7. The Balaban J connectivity index is 1.34. The average Bonchev–Trinajstić information content (AvgIpc) is 3.76. The van der Waals surface area contributed by atoms with Gasteiger partial charge in [0.05, 0.1) is 6.61 Å². The fraction of sp³-hybridized carbons (Fsp3) is 0.481. The summed E-state index contributed by atoms with van der Waals surface area (Å²) in [6.07, 6.45) is 2.04. The number of hydrogen-bond donors (Lipinski definition) is 4. The highest BCUT2D eigenvalue weighted by Gasteiger charge is 2.38. The van der Waals surface area contributed by atoms with Crippen LogP contribution in [0.2, 0.25) is 18.1 Å². The van der Waals surface area contributed by atoms with E-state index in [1.807, 2.05) is 30.3 Å². The van der Waals surface area contributed by atoms with Crippen LogP contribution >= 0.6 is 0 Å². The second kappa shape index (κ2) is 22.8. The van der Waals surface area contributed by atoms with Crippen molar-refractivity contribution in [2.45, 2.75) is 130 Å². The number of anilines is 1. The predicted octanol–water partition coefficient (Wildman–Crippen LogP) is 7.77. The number of ether oxygens (including phenoxy) is 2. The van der Waals surface area contributed by atoms with Gasteiger partial charge in [-0.05, 0) is 110 Å². The standard InChI is InChI=1S/C52H70N6O10Si/c1-33(2)46(56-43(59)30-58-44(60)25-26-45(58)61)48(63)55-42(22-16-17-27-53-49(64)68-51(3,4)5)47(62)54-36-24-23-34(31-67-69(10,11)52(6,7)8)35(28-36)29-57(9)50(65)66-32-41-39-20-14-12-18-37(39)38-19-13-15-21-40(38)41/h12-15,18-21,23-26,28,33,41-42,46H,16-17,22,27,29-32H2,1-11H3,(H,53,64)(H,54,62)(H,55,63)(H,56,59)/t42-,46-/m0/s1. The van der Waals surface area contributed by atoms with Crippen molar-refractivity contribution in [1.82, 2.24) is 25.8 Å². The van der Waals surface area contributed by atoms with Crippen LogP contribution in [0.1, 0.15) is 103 Å². The molecule has 2 aliphatic rings. The average molecular weight is 967 g/mol. The van der Waals surface area contributed by atoms with Crippen molar-refractivity contribution in [3.8, 4) is 11.1 Å². The zero-order valence-electron chi connectivity index (χ0n) is 41.9. The Morgan fingerprint density at radius 1 is 0.797 bits per heavy atom. The van der Waals surface area contributed by atoms with Crippen molar-refractivity contribution >= 4 is 55.7 Å². The Hall–Kier alpha value is -6.33. The van der Waals surface area contributed by atoms with E-state index in [0.717, 1.165) is 44.9 Å². The number of amides is 7. The van der Waals surface area contributed by atoms with Crippen LogP contribution in [0, 0.1) is 5.92 Å². The molecule has 1 aliphatic heterocycles. The minimum atomic E-state index is -2.22. The fourth-order valence-corrected chi connectivity index (χ4v) is 8.66. The molecule has 0 saturated heterocycles. The summed E-state index contributed by atoms with van der Waals surface area (Å²) in [5.41, 5.74) is 5.71. The van der Waals surface area contributed by atoms with Crippen LogP contribution in [-0.2, 0) is 51.0 Å². The summed E-state index contributed by atoms with van der Waals surface area (Å²) in [5, 5.41) is 11.0. The molecule has 69 heavy (non-hydrogen) atoms. The fourth-order valence-electron chi connectivity index (χ4n) is 7.71. The predicted molar refractivity (Wildman–Crippen MR) is 266 cm³/mol. The van der Waals surface area contributed by atoms with Crippen LogP contribution < -0.4 is 21.3 Å². The number of unbranched alkanes of at least 4 members (excludes halogenated alkanes) is 1. The van der Waals surface area contributed by atoms with Crippen LogP contribution in [0.3, 0.4) is 0 Å². The summed E-state index contributed by atoms with van der Waals surface area (Å²) in [4.78, 5) is 93.8. The summed E-state index contributed by atoms with van der Waals surface area (Å²) >= 11 is 0. The first-order valence-electron chi connectivity index (χ1n) is 23.6. The number of benzene rings is 3. The third-order valence-corrected chi connectivity index (χ3v) is 17.1. The molecular formula is C52H70N6O10Si. The van der Waals surface area contributed by atoms with Crippen molar-refractivity contribution in [3.05, 3.63) is 101 Å². The second-order valence-corrected chi connectivity index (χ2v) is 25.4. The minimum absolute atomic E-state index is 0.0643. The Bertz CT molecular complexity index is 2360. The molecule has 16 nitrogen and oxygen atoms in total. The zero-order valence-corrected chi connectivity index (χ0v) is 42.9. The number of fused-ring (bicyclic) bond motifs is 3. The van der Waals surface area contributed by atoms with E-state index in [1.165, 1.54) is 4.90 Å². The maximum Gasteiger partial charge on any atom is 0.409 e. The Labute approximate surface area is 407 Å². The number of rotatable bonds is 20. The van der Waals surface area contributed by atoms with Crippen molar-refractivity contribution < 1.29 is 47.5 Å².